The van der Waals surface area contributed by atoms with Crippen LogP contribution in [0.25, 0.3) is 0 Å². The quantitative estimate of drug-likeness (QED) is 0.540. The molecular formula is C15H16ClN3. The summed E-state index contributed by atoms with van der Waals surface area (Å²) >= 11 is 5.89. The first-order chi connectivity index (χ1) is 9.29. The molecule has 0 aliphatic rings. The van der Waals surface area contributed by atoms with E-state index in [1.807, 2.05) is 59.6 Å². The Bertz CT molecular complexity index is 523. The second-order valence-electron chi connectivity index (χ2n) is 4.12. The molecule has 2 aromatic rings. The second-order valence-corrected chi connectivity index (χ2v) is 4.56. The monoisotopic (exact) mass is 273 g/mol. The highest BCUT2D eigenvalue weighted by Crippen LogP contribution is 2.20. The summed E-state index contributed by atoms with van der Waals surface area (Å²) in [6, 6.07) is 17.3. The Kier molecular flexibility index (Phi) is 4.93. The lowest BCUT2D eigenvalue weighted by molar-refractivity contribution is 0.770. The van der Waals surface area contributed by atoms with E-state index < -0.39 is 0 Å². The zero-order valence-corrected chi connectivity index (χ0v) is 11.6. The Morgan fingerprint density at radius 2 is 1.68 bits per heavy atom. The van der Waals surface area contributed by atoms with E-state index in [0.29, 0.717) is 0 Å². The van der Waals surface area contributed by atoms with E-state index in [1.54, 1.807) is 0 Å². The molecule has 0 saturated carbocycles. The molecule has 0 amide bonds. The molecule has 0 aliphatic carbocycles. The van der Waals surface area contributed by atoms with E-state index in [2.05, 4.69) is 17.3 Å². The van der Waals surface area contributed by atoms with Crippen molar-refractivity contribution >= 4 is 23.0 Å². The van der Waals surface area contributed by atoms with Crippen molar-refractivity contribution in [1.82, 2.24) is 0 Å². The molecule has 2 aromatic carbocycles. The number of anilines is 1. The van der Waals surface area contributed by atoms with Crippen molar-refractivity contribution in [3.05, 3.63) is 59.6 Å². The van der Waals surface area contributed by atoms with Gasteiger partial charge in [0.25, 0.3) is 0 Å². The van der Waals surface area contributed by atoms with Gasteiger partial charge in [0, 0.05) is 11.6 Å². The standard InChI is InChI=1S/C15H16ClN3/c1-2-12-19(15-10-8-13(16)9-11-15)18-17-14-6-4-3-5-7-14/h3-11H,2,12H2,1H3. The molecule has 0 radical (unpaired) electrons. The van der Waals surface area contributed by atoms with Crippen LogP contribution in [0, 0.1) is 0 Å². The van der Waals surface area contributed by atoms with E-state index in [1.165, 1.54) is 0 Å². The van der Waals surface area contributed by atoms with Gasteiger partial charge in [0.2, 0.25) is 0 Å². The van der Waals surface area contributed by atoms with E-state index in [0.717, 1.165) is 29.4 Å². The summed E-state index contributed by atoms with van der Waals surface area (Å²) in [7, 11) is 0. The fourth-order valence-corrected chi connectivity index (χ4v) is 1.78. The molecule has 0 N–H and O–H groups in total. The highest BCUT2D eigenvalue weighted by atomic mass is 35.5. The van der Waals surface area contributed by atoms with Crippen molar-refractivity contribution < 1.29 is 0 Å². The molecular weight excluding hydrogens is 258 g/mol. The maximum Gasteiger partial charge on any atom is 0.0874 e. The summed E-state index contributed by atoms with van der Waals surface area (Å²) in [5.74, 6) is 0. The lowest BCUT2D eigenvalue weighted by Gasteiger charge is -2.16. The first kappa shape index (κ1) is 13.6. The number of hydrogen-bond acceptors (Lipinski definition) is 2. The van der Waals surface area contributed by atoms with Gasteiger partial charge in [0.15, 0.2) is 0 Å². The maximum atomic E-state index is 5.89. The number of nitrogens with zero attached hydrogens (tertiary/aromatic N) is 3. The molecule has 0 aliphatic heterocycles. The van der Waals surface area contributed by atoms with Crippen LogP contribution in [0.2, 0.25) is 5.02 Å². The van der Waals surface area contributed by atoms with Crippen molar-refractivity contribution in [3.63, 3.8) is 0 Å². The van der Waals surface area contributed by atoms with E-state index in [4.69, 9.17) is 11.6 Å². The Labute approximate surface area is 118 Å². The fourth-order valence-electron chi connectivity index (χ4n) is 1.65. The smallest absolute Gasteiger partial charge is 0.0874 e. The van der Waals surface area contributed by atoms with Crippen LogP contribution in [0.4, 0.5) is 11.4 Å². The molecule has 3 nitrogen and oxygen atoms in total. The summed E-state index contributed by atoms with van der Waals surface area (Å²) in [4.78, 5) is 0. The van der Waals surface area contributed by atoms with Crippen molar-refractivity contribution in [2.75, 3.05) is 11.6 Å². The number of benzene rings is 2. The van der Waals surface area contributed by atoms with Gasteiger partial charge < -0.3 is 0 Å². The summed E-state index contributed by atoms with van der Waals surface area (Å²) in [6.45, 7) is 2.93. The van der Waals surface area contributed by atoms with Crippen molar-refractivity contribution in [1.29, 1.82) is 0 Å². The topological polar surface area (TPSA) is 28.0 Å². The van der Waals surface area contributed by atoms with Crippen LogP contribution in [-0.2, 0) is 0 Å². The minimum Gasteiger partial charge on any atom is -0.247 e. The van der Waals surface area contributed by atoms with Crippen LogP contribution in [0.3, 0.4) is 0 Å². The fraction of sp³-hybridized carbons (Fsp3) is 0.200. The van der Waals surface area contributed by atoms with E-state index >= 15 is 0 Å². The van der Waals surface area contributed by atoms with Crippen molar-refractivity contribution in [2.24, 2.45) is 10.3 Å². The van der Waals surface area contributed by atoms with Gasteiger partial charge in [-0.25, -0.2) is 5.01 Å². The van der Waals surface area contributed by atoms with Crippen LogP contribution in [0.15, 0.2) is 64.9 Å². The SMILES string of the molecule is CCCN(N=Nc1ccccc1)c1ccc(Cl)cc1. The molecule has 0 fully saturated rings. The first-order valence-electron chi connectivity index (χ1n) is 6.29. The highest BCUT2D eigenvalue weighted by Gasteiger charge is 2.03. The Morgan fingerprint density at radius 3 is 2.32 bits per heavy atom. The third-order valence-corrected chi connectivity index (χ3v) is 2.84. The van der Waals surface area contributed by atoms with Gasteiger partial charge in [-0.15, -0.1) is 5.11 Å². The van der Waals surface area contributed by atoms with E-state index in [-0.39, 0.29) is 0 Å². The minimum atomic E-state index is 0.722. The Hall–Kier alpha value is -1.87. The third-order valence-electron chi connectivity index (χ3n) is 2.58. The largest absolute Gasteiger partial charge is 0.247 e. The summed E-state index contributed by atoms with van der Waals surface area (Å²) in [5, 5.41) is 11.1. The average Bonchev–Trinajstić information content (AvgIpc) is 2.46. The molecule has 0 atom stereocenters. The lowest BCUT2D eigenvalue weighted by Crippen LogP contribution is -2.16. The molecule has 98 valence electrons. The van der Waals surface area contributed by atoms with Gasteiger partial charge in [-0.05, 0) is 42.8 Å². The van der Waals surface area contributed by atoms with Crippen molar-refractivity contribution in [3.8, 4) is 0 Å². The van der Waals surface area contributed by atoms with Gasteiger partial charge in [-0.1, -0.05) is 41.9 Å². The lowest BCUT2D eigenvalue weighted by atomic mass is 10.3. The van der Waals surface area contributed by atoms with E-state index in [9.17, 15) is 0 Å². The molecule has 0 saturated heterocycles. The summed E-state index contributed by atoms with van der Waals surface area (Å²) in [5.41, 5.74) is 1.84. The molecule has 19 heavy (non-hydrogen) atoms. The van der Waals surface area contributed by atoms with Crippen molar-refractivity contribution in [2.45, 2.75) is 13.3 Å². The maximum absolute atomic E-state index is 5.89. The third kappa shape index (κ3) is 4.07. The van der Waals surface area contributed by atoms with Crippen LogP contribution in [0.5, 0.6) is 0 Å². The zero-order valence-electron chi connectivity index (χ0n) is 10.8. The molecule has 0 spiro atoms. The molecule has 0 unspecified atom stereocenters. The minimum absolute atomic E-state index is 0.722. The molecule has 0 aromatic heterocycles. The highest BCUT2D eigenvalue weighted by molar-refractivity contribution is 6.30. The van der Waals surface area contributed by atoms with Gasteiger partial charge in [0.1, 0.15) is 0 Å². The van der Waals surface area contributed by atoms with Crippen LogP contribution < -0.4 is 5.01 Å². The van der Waals surface area contributed by atoms with Gasteiger partial charge >= 0.3 is 0 Å². The Balaban J connectivity index is 2.16. The summed E-state index contributed by atoms with van der Waals surface area (Å²) in [6.07, 6.45) is 0.996. The molecule has 0 heterocycles. The predicted octanol–water partition coefficient (Wildman–Crippen LogP) is 5.26. The molecule has 0 bridgehead atoms. The van der Waals surface area contributed by atoms with Crippen LogP contribution in [-0.4, -0.2) is 6.54 Å². The van der Waals surface area contributed by atoms with Crippen LogP contribution in [0.1, 0.15) is 13.3 Å². The number of hydrogen-bond donors (Lipinski definition) is 0. The van der Waals surface area contributed by atoms with Crippen LogP contribution >= 0.6 is 11.6 Å². The zero-order chi connectivity index (χ0) is 13.5. The Morgan fingerprint density at radius 1 is 1.00 bits per heavy atom. The molecule has 2 rings (SSSR count). The molecule has 4 heteroatoms. The second kappa shape index (κ2) is 6.90. The number of rotatable bonds is 5. The van der Waals surface area contributed by atoms with Gasteiger partial charge in [-0.3, -0.25) is 0 Å². The van der Waals surface area contributed by atoms with Gasteiger partial charge in [-0.2, -0.15) is 0 Å². The average molecular weight is 274 g/mol. The number of halogens is 1. The predicted molar refractivity (Wildman–Crippen MR) is 80.0 cm³/mol. The van der Waals surface area contributed by atoms with Gasteiger partial charge in [0.05, 0.1) is 11.4 Å². The first-order valence-corrected chi connectivity index (χ1v) is 6.67. The summed E-state index contributed by atoms with van der Waals surface area (Å²) < 4.78 is 0. The normalized spacial score (nSPS) is 10.8.